The molecule has 0 spiro atoms. The van der Waals surface area contributed by atoms with Gasteiger partial charge in [0.1, 0.15) is 0 Å². The van der Waals surface area contributed by atoms with Gasteiger partial charge in [0.2, 0.25) is 5.95 Å². The number of hydrogen-bond acceptors (Lipinski definition) is 5. The number of pyridine rings is 1. The Hall–Kier alpha value is -2.02. The maximum atomic E-state index is 13.0. The Morgan fingerprint density at radius 3 is 2.70 bits per heavy atom. The van der Waals surface area contributed by atoms with Crippen LogP contribution in [0.5, 0.6) is 0 Å². The first-order valence-electron chi connectivity index (χ1n) is 6.05. The fourth-order valence-corrected chi connectivity index (χ4v) is 1.56. The fourth-order valence-electron chi connectivity index (χ4n) is 1.56. The van der Waals surface area contributed by atoms with E-state index in [1.807, 2.05) is 0 Å². The summed E-state index contributed by atoms with van der Waals surface area (Å²) in [6.45, 7) is 0.801. The summed E-state index contributed by atoms with van der Waals surface area (Å²) in [5, 5.41) is 0. The van der Waals surface area contributed by atoms with Crippen molar-refractivity contribution in [2.24, 2.45) is 0 Å². The van der Waals surface area contributed by atoms with E-state index in [0.717, 1.165) is 6.07 Å². The second-order valence-electron chi connectivity index (χ2n) is 3.98. The number of carbonyl (C=O) groups excluding carboxylic acids is 2. The van der Waals surface area contributed by atoms with E-state index in [1.165, 1.54) is 31.4 Å². The maximum absolute atomic E-state index is 13.0. The molecule has 0 aromatic carbocycles. The molecule has 0 fully saturated rings. The number of aromatic nitrogens is 1. The third kappa shape index (κ3) is 4.93. The highest BCUT2D eigenvalue weighted by atomic mass is 19.1. The molecule has 1 aromatic rings. The average Bonchev–Trinajstić information content (AvgIpc) is 2.46. The first-order valence-corrected chi connectivity index (χ1v) is 6.05. The van der Waals surface area contributed by atoms with Crippen LogP contribution in [0.3, 0.4) is 0 Å². The van der Waals surface area contributed by atoms with Gasteiger partial charge in [-0.25, -0.2) is 4.98 Å². The van der Waals surface area contributed by atoms with Crippen molar-refractivity contribution >= 4 is 11.9 Å². The molecule has 0 saturated heterocycles. The summed E-state index contributed by atoms with van der Waals surface area (Å²) in [5.41, 5.74) is 0.179. The Balaban J connectivity index is 2.75. The minimum Gasteiger partial charge on any atom is -0.469 e. The van der Waals surface area contributed by atoms with Crippen molar-refractivity contribution in [3.05, 3.63) is 29.8 Å². The van der Waals surface area contributed by atoms with Gasteiger partial charge in [-0.1, -0.05) is 0 Å². The number of ether oxygens (including phenoxy) is 2. The van der Waals surface area contributed by atoms with Gasteiger partial charge in [0, 0.05) is 38.0 Å². The summed E-state index contributed by atoms with van der Waals surface area (Å²) in [5.74, 6) is -1.52. The van der Waals surface area contributed by atoms with Gasteiger partial charge in [0.05, 0.1) is 20.1 Å². The normalized spacial score (nSPS) is 10.2. The Labute approximate surface area is 116 Å². The van der Waals surface area contributed by atoms with Crippen LogP contribution in [0.15, 0.2) is 18.3 Å². The van der Waals surface area contributed by atoms with E-state index < -0.39 is 11.9 Å². The molecule has 1 amide bonds. The van der Waals surface area contributed by atoms with Gasteiger partial charge in [0.15, 0.2) is 0 Å². The highest BCUT2D eigenvalue weighted by molar-refractivity contribution is 5.94. The minimum atomic E-state index is -0.726. The monoisotopic (exact) mass is 284 g/mol. The molecule has 1 rings (SSSR count). The summed E-state index contributed by atoms with van der Waals surface area (Å²) < 4.78 is 22.5. The molecule has 0 atom stereocenters. The molecular weight excluding hydrogens is 267 g/mol. The van der Waals surface area contributed by atoms with Gasteiger partial charge in [-0.2, -0.15) is 4.39 Å². The highest BCUT2D eigenvalue weighted by Crippen LogP contribution is 2.07. The maximum Gasteiger partial charge on any atom is 0.307 e. The van der Waals surface area contributed by atoms with Gasteiger partial charge in [-0.05, 0) is 6.07 Å². The molecule has 110 valence electrons. The van der Waals surface area contributed by atoms with Crippen LogP contribution in [-0.2, 0) is 14.3 Å². The van der Waals surface area contributed by atoms with Crippen LogP contribution in [-0.4, -0.2) is 55.7 Å². The van der Waals surface area contributed by atoms with Crippen molar-refractivity contribution in [2.45, 2.75) is 6.42 Å². The Morgan fingerprint density at radius 2 is 2.10 bits per heavy atom. The lowest BCUT2D eigenvalue weighted by atomic mass is 10.2. The predicted molar refractivity (Wildman–Crippen MR) is 68.6 cm³/mol. The van der Waals surface area contributed by atoms with Crippen molar-refractivity contribution in [1.29, 1.82) is 0 Å². The third-order valence-corrected chi connectivity index (χ3v) is 2.64. The second kappa shape index (κ2) is 8.21. The zero-order valence-electron chi connectivity index (χ0n) is 11.5. The molecule has 7 heteroatoms. The van der Waals surface area contributed by atoms with E-state index in [9.17, 15) is 14.0 Å². The van der Waals surface area contributed by atoms with Crippen LogP contribution in [0.2, 0.25) is 0 Å². The molecule has 0 unspecified atom stereocenters. The minimum absolute atomic E-state index is 0.0690. The Morgan fingerprint density at radius 1 is 1.35 bits per heavy atom. The van der Waals surface area contributed by atoms with Crippen molar-refractivity contribution in [3.8, 4) is 0 Å². The van der Waals surface area contributed by atoms with Gasteiger partial charge >= 0.3 is 5.97 Å². The van der Waals surface area contributed by atoms with Crippen molar-refractivity contribution < 1.29 is 23.5 Å². The number of esters is 1. The number of rotatable bonds is 7. The third-order valence-electron chi connectivity index (χ3n) is 2.64. The molecule has 0 aliphatic heterocycles. The average molecular weight is 284 g/mol. The number of nitrogens with zero attached hydrogens (tertiary/aromatic N) is 2. The molecule has 0 radical (unpaired) electrons. The van der Waals surface area contributed by atoms with Crippen LogP contribution in [0.4, 0.5) is 4.39 Å². The summed E-state index contributed by atoms with van der Waals surface area (Å²) in [4.78, 5) is 28.2. The van der Waals surface area contributed by atoms with Crippen LogP contribution in [0.25, 0.3) is 0 Å². The van der Waals surface area contributed by atoms with Gasteiger partial charge in [-0.3, -0.25) is 9.59 Å². The summed E-state index contributed by atoms with van der Waals surface area (Å²) in [7, 11) is 2.79. The number of halogens is 1. The zero-order valence-corrected chi connectivity index (χ0v) is 11.5. The van der Waals surface area contributed by atoms with E-state index in [1.54, 1.807) is 0 Å². The van der Waals surface area contributed by atoms with Gasteiger partial charge in [-0.15, -0.1) is 0 Å². The lowest BCUT2D eigenvalue weighted by Gasteiger charge is -2.21. The first-order chi connectivity index (χ1) is 9.58. The highest BCUT2D eigenvalue weighted by Gasteiger charge is 2.17. The van der Waals surface area contributed by atoms with Crippen molar-refractivity contribution in [1.82, 2.24) is 9.88 Å². The van der Waals surface area contributed by atoms with E-state index in [-0.39, 0.29) is 24.4 Å². The van der Waals surface area contributed by atoms with E-state index >= 15 is 0 Å². The topological polar surface area (TPSA) is 68.7 Å². The van der Waals surface area contributed by atoms with Gasteiger partial charge < -0.3 is 14.4 Å². The molecule has 0 saturated carbocycles. The molecule has 0 aliphatic carbocycles. The number of methoxy groups -OCH3 is 2. The zero-order chi connectivity index (χ0) is 15.0. The van der Waals surface area contributed by atoms with Crippen LogP contribution >= 0.6 is 0 Å². The standard InChI is InChI=1S/C13H17FN2O4/c1-19-8-7-16(6-4-12(17)20-2)13(18)10-3-5-15-11(14)9-10/h3,5,9H,4,6-8H2,1-2H3. The van der Waals surface area contributed by atoms with Crippen molar-refractivity contribution in [3.63, 3.8) is 0 Å². The molecule has 0 bridgehead atoms. The Bertz CT molecular complexity index is 467. The first kappa shape index (κ1) is 16.0. The molecular formula is C13H17FN2O4. The molecule has 0 aliphatic rings. The summed E-state index contributed by atoms with van der Waals surface area (Å²) >= 11 is 0. The number of amides is 1. The van der Waals surface area contributed by atoms with Crippen LogP contribution < -0.4 is 0 Å². The summed E-state index contributed by atoms with van der Waals surface area (Å²) in [6, 6.07) is 2.48. The van der Waals surface area contributed by atoms with E-state index in [4.69, 9.17) is 4.74 Å². The smallest absolute Gasteiger partial charge is 0.307 e. The van der Waals surface area contributed by atoms with Crippen LogP contribution in [0, 0.1) is 5.95 Å². The molecule has 1 heterocycles. The second-order valence-corrected chi connectivity index (χ2v) is 3.98. The molecule has 1 aromatic heterocycles. The van der Waals surface area contributed by atoms with E-state index in [2.05, 4.69) is 9.72 Å². The molecule has 20 heavy (non-hydrogen) atoms. The predicted octanol–water partition coefficient (Wildman–Crippen LogP) is 0.872. The van der Waals surface area contributed by atoms with Gasteiger partial charge in [0.25, 0.3) is 5.91 Å². The SMILES string of the molecule is COCCN(CCC(=O)OC)C(=O)c1ccnc(F)c1. The number of carbonyl (C=O) groups is 2. The van der Waals surface area contributed by atoms with Crippen molar-refractivity contribution in [2.75, 3.05) is 33.9 Å². The fraction of sp³-hybridized carbons (Fsp3) is 0.462. The molecule has 6 nitrogen and oxygen atoms in total. The quantitative estimate of drug-likeness (QED) is 0.549. The lowest BCUT2D eigenvalue weighted by Crippen LogP contribution is -2.35. The number of hydrogen-bond donors (Lipinski definition) is 0. The Kier molecular flexibility index (Phi) is 6.58. The van der Waals surface area contributed by atoms with Crippen LogP contribution in [0.1, 0.15) is 16.8 Å². The molecule has 0 N–H and O–H groups in total. The summed E-state index contributed by atoms with van der Waals surface area (Å²) in [6.07, 6.45) is 1.29. The van der Waals surface area contributed by atoms with E-state index in [0.29, 0.717) is 13.2 Å². The largest absolute Gasteiger partial charge is 0.469 e. The lowest BCUT2D eigenvalue weighted by molar-refractivity contribution is -0.140.